The van der Waals surface area contributed by atoms with Crippen molar-refractivity contribution in [3.8, 4) is 11.5 Å². The second-order valence-corrected chi connectivity index (χ2v) is 9.42. The van der Waals surface area contributed by atoms with Crippen LogP contribution in [-0.4, -0.2) is 35.1 Å². The van der Waals surface area contributed by atoms with Gasteiger partial charge in [0.1, 0.15) is 18.0 Å². The summed E-state index contributed by atoms with van der Waals surface area (Å²) in [4.78, 5) is 13.1. The zero-order valence-corrected chi connectivity index (χ0v) is 19.9. The molecule has 0 aliphatic carbocycles. The molecule has 1 atom stereocenters. The predicted octanol–water partition coefficient (Wildman–Crippen LogP) is 4.08. The first kappa shape index (κ1) is 24.1. The van der Waals surface area contributed by atoms with Gasteiger partial charge < -0.3 is 14.8 Å². The van der Waals surface area contributed by atoms with E-state index in [1.807, 2.05) is 38.1 Å². The summed E-state index contributed by atoms with van der Waals surface area (Å²) < 4.78 is 38.6. The van der Waals surface area contributed by atoms with E-state index in [0.29, 0.717) is 17.2 Å². The number of benzene rings is 3. The Balaban J connectivity index is 1.90. The number of nitrogens with one attached hydrogen (secondary N) is 1. The van der Waals surface area contributed by atoms with Crippen LogP contribution in [0, 0.1) is 6.92 Å². The van der Waals surface area contributed by atoms with Crippen molar-refractivity contribution in [2.24, 2.45) is 0 Å². The predicted molar refractivity (Wildman–Crippen MR) is 128 cm³/mol. The largest absolute Gasteiger partial charge is 0.497 e. The van der Waals surface area contributed by atoms with Crippen molar-refractivity contribution in [3.63, 3.8) is 0 Å². The Morgan fingerprint density at radius 3 is 2.18 bits per heavy atom. The summed E-state index contributed by atoms with van der Waals surface area (Å²) in [7, 11) is -0.899. The third-order valence-corrected chi connectivity index (χ3v) is 7.03. The van der Waals surface area contributed by atoms with E-state index in [1.54, 1.807) is 43.5 Å². The number of para-hydroxylation sites is 1. The van der Waals surface area contributed by atoms with Crippen LogP contribution in [0.4, 0.5) is 5.69 Å². The first-order valence-electron chi connectivity index (χ1n) is 10.4. The number of anilines is 1. The Kier molecular flexibility index (Phi) is 7.60. The van der Waals surface area contributed by atoms with Crippen LogP contribution in [0.1, 0.15) is 24.1 Å². The number of amides is 1. The highest BCUT2D eigenvalue weighted by atomic mass is 32.2. The summed E-state index contributed by atoms with van der Waals surface area (Å²) in [5.74, 6) is 0.783. The Hall–Kier alpha value is -3.52. The first-order valence-corrected chi connectivity index (χ1v) is 11.9. The number of ether oxygens (including phenoxy) is 2. The summed E-state index contributed by atoms with van der Waals surface area (Å²) >= 11 is 0. The summed E-state index contributed by atoms with van der Waals surface area (Å²) in [6.07, 6.45) is 0. The topological polar surface area (TPSA) is 84.9 Å². The molecule has 1 N–H and O–H groups in total. The standard InChI is InChI=1S/C25H28N2O5S/c1-18-9-15-22(16-10-18)33(29,30)27(20-11-13-21(31-3)14-12-20)17-25(28)26-19(2)23-7-5-6-8-24(23)32-4/h5-16,19H,17H2,1-4H3,(H,26,28)/t19-/m0/s1. The smallest absolute Gasteiger partial charge is 0.264 e. The molecular weight excluding hydrogens is 440 g/mol. The van der Waals surface area contributed by atoms with Gasteiger partial charge in [-0.3, -0.25) is 9.10 Å². The van der Waals surface area contributed by atoms with Crippen LogP contribution in [0.2, 0.25) is 0 Å². The minimum absolute atomic E-state index is 0.106. The molecule has 7 nitrogen and oxygen atoms in total. The fraction of sp³-hybridized carbons (Fsp3) is 0.240. The third-order valence-electron chi connectivity index (χ3n) is 5.24. The van der Waals surface area contributed by atoms with Gasteiger partial charge in [0.05, 0.1) is 30.8 Å². The molecule has 0 spiro atoms. The molecule has 3 aromatic carbocycles. The number of carbonyl (C=O) groups excluding carboxylic acids is 1. The number of methoxy groups -OCH3 is 2. The van der Waals surface area contributed by atoms with Crippen molar-refractivity contribution in [3.05, 3.63) is 83.9 Å². The van der Waals surface area contributed by atoms with Gasteiger partial charge in [-0.1, -0.05) is 35.9 Å². The number of hydrogen-bond acceptors (Lipinski definition) is 5. The average molecular weight is 469 g/mol. The molecule has 0 aliphatic heterocycles. The highest BCUT2D eigenvalue weighted by molar-refractivity contribution is 7.92. The molecule has 0 radical (unpaired) electrons. The lowest BCUT2D eigenvalue weighted by Crippen LogP contribution is -2.41. The van der Waals surface area contributed by atoms with Gasteiger partial charge in [-0.15, -0.1) is 0 Å². The normalized spacial score (nSPS) is 12.0. The number of sulfonamides is 1. The summed E-state index contributed by atoms with van der Waals surface area (Å²) in [6.45, 7) is 3.31. The molecule has 0 aliphatic rings. The molecule has 0 bridgehead atoms. The molecule has 0 saturated carbocycles. The van der Waals surface area contributed by atoms with Gasteiger partial charge in [0.15, 0.2) is 0 Å². The molecule has 0 aromatic heterocycles. The molecule has 0 unspecified atom stereocenters. The van der Waals surface area contributed by atoms with Crippen molar-refractivity contribution in [2.45, 2.75) is 24.8 Å². The Morgan fingerprint density at radius 1 is 0.939 bits per heavy atom. The van der Waals surface area contributed by atoms with Gasteiger partial charge in [-0.25, -0.2) is 8.42 Å². The Labute approximate surface area is 195 Å². The molecule has 0 fully saturated rings. The SMILES string of the molecule is COc1ccc(N(CC(=O)N[C@@H](C)c2ccccc2OC)S(=O)(=O)c2ccc(C)cc2)cc1. The van der Waals surface area contributed by atoms with Crippen LogP contribution in [-0.2, 0) is 14.8 Å². The van der Waals surface area contributed by atoms with Crippen molar-refractivity contribution >= 4 is 21.6 Å². The van der Waals surface area contributed by atoms with E-state index >= 15 is 0 Å². The number of aryl methyl sites for hydroxylation is 1. The van der Waals surface area contributed by atoms with E-state index < -0.39 is 15.9 Å². The number of rotatable bonds is 9. The minimum Gasteiger partial charge on any atom is -0.497 e. The lowest BCUT2D eigenvalue weighted by Gasteiger charge is -2.25. The monoisotopic (exact) mass is 468 g/mol. The van der Waals surface area contributed by atoms with Gasteiger partial charge in [0, 0.05) is 5.56 Å². The van der Waals surface area contributed by atoms with E-state index in [9.17, 15) is 13.2 Å². The van der Waals surface area contributed by atoms with Crippen LogP contribution in [0.3, 0.4) is 0 Å². The average Bonchev–Trinajstić information content (AvgIpc) is 2.82. The van der Waals surface area contributed by atoms with Crippen molar-refractivity contribution in [1.29, 1.82) is 0 Å². The quantitative estimate of drug-likeness (QED) is 0.511. The lowest BCUT2D eigenvalue weighted by atomic mass is 10.1. The number of carbonyl (C=O) groups is 1. The van der Waals surface area contributed by atoms with Crippen LogP contribution >= 0.6 is 0 Å². The Bertz CT molecular complexity index is 1190. The van der Waals surface area contributed by atoms with Crippen molar-refractivity contribution in [1.82, 2.24) is 5.32 Å². The minimum atomic E-state index is -3.99. The maximum Gasteiger partial charge on any atom is 0.264 e. The van der Waals surface area contributed by atoms with Gasteiger partial charge in [0.25, 0.3) is 10.0 Å². The molecule has 8 heteroatoms. The fourth-order valence-corrected chi connectivity index (χ4v) is 4.84. The molecule has 174 valence electrons. The molecule has 3 aromatic rings. The van der Waals surface area contributed by atoms with Gasteiger partial charge >= 0.3 is 0 Å². The second-order valence-electron chi connectivity index (χ2n) is 7.55. The molecule has 0 saturated heterocycles. The fourth-order valence-electron chi connectivity index (χ4n) is 3.42. The lowest BCUT2D eigenvalue weighted by molar-refractivity contribution is -0.120. The molecule has 0 heterocycles. The van der Waals surface area contributed by atoms with Crippen LogP contribution in [0.25, 0.3) is 0 Å². The maximum atomic E-state index is 13.5. The number of hydrogen-bond donors (Lipinski definition) is 1. The van der Waals surface area contributed by atoms with Crippen molar-refractivity contribution in [2.75, 3.05) is 25.1 Å². The van der Waals surface area contributed by atoms with Gasteiger partial charge in [-0.2, -0.15) is 0 Å². The zero-order chi connectivity index (χ0) is 24.0. The number of nitrogens with zero attached hydrogens (tertiary/aromatic N) is 1. The van der Waals surface area contributed by atoms with Crippen molar-refractivity contribution < 1.29 is 22.7 Å². The van der Waals surface area contributed by atoms with E-state index in [-0.39, 0.29) is 17.5 Å². The van der Waals surface area contributed by atoms with Crippen LogP contribution < -0.4 is 19.1 Å². The summed E-state index contributed by atoms with van der Waals surface area (Å²) in [5.41, 5.74) is 2.09. The van der Waals surface area contributed by atoms with E-state index in [1.165, 1.54) is 19.2 Å². The highest BCUT2D eigenvalue weighted by Gasteiger charge is 2.28. The maximum absolute atomic E-state index is 13.5. The molecule has 33 heavy (non-hydrogen) atoms. The zero-order valence-electron chi connectivity index (χ0n) is 19.1. The van der Waals surface area contributed by atoms with Crippen LogP contribution in [0.15, 0.2) is 77.7 Å². The molecule has 1 amide bonds. The third kappa shape index (κ3) is 5.64. The van der Waals surface area contributed by atoms with Gasteiger partial charge in [-0.05, 0) is 56.3 Å². The Morgan fingerprint density at radius 2 is 1.58 bits per heavy atom. The first-order chi connectivity index (χ1) is 15.8. The summed E-state index contributed by atoms with van der Waals surface area (Å²) in [6, 6.07) is 20.0. The highest BCUT2D eigenvalue weighted by Crippen LogP contribution is 2.27. The van der Waals surface area contributed by atoms with E-state index in [4.69, 9.17) is 9.47 Å². The van der Waals surface area contributed by atoms with Crippen LogP contribution in [0.5, 0.6) is 11.5 Å². The van der Waals surface area contributed by atoms with E-state index in [2.05, 4.69) is 5.32 Å². The summed E-state index contributed by atoms with van der Waals surface area (Å²) in [5, 5.41) is 2.88. The molecular formula is C25H28N2O5S. The second kappa shape index (κ2) is 10.4. The van der Waals surface area contributed by atoms with E-state index in [0.717, 1.165) is 15.4 Å². The van der Waals surface area contributed by atoms with Gasteiger partial charge in [0.2, 0.25) is 5.91 Å². The molecule has 3 rings (SSSR count).